The minimum Gasteiger partial charge on any atom is -0.462 e. The Morgan fingerprint density at radius 3 is 2.83 bits per heavy atom. The third kappa shape index (κ3) is 2.37. The van der Waals surface area contributed by atoms with Gasteiger partial charge in [0.15, 0.2) is 5.82 Å². The number of benzene rings is 2. The number of aromatic nitrogens is 3. The summed E-state index contributed by atoms with van der Waals surface area (Å²) in [6, 6.07) is 15.3. The van der Waals surface area contributed by atoms with Crippen molar-refractivity contribution in [1.29, 1.82) is 0 Å². The van der Waals surface area contributed by atoms with Crippen molar-refractivity contribution in [1.82, 2.24) is 14.6 Å². The van der Waals surface area contributed by atoms with E-state index in [1.165, 1.54) is 11.3 Å². The molecule has 4 aromatic rings. The number of ether oxygens (including phenoxy) is 1. The standard InChI is InChI=1S/C17H13N3O2S/c1-2-22-16(21)12-8-9-13-14(10-12)23-17-18-15(19-20(13)17)11-6-4-3-5-7-11/h3-10H,2H2,1H3. The summed E-state index contributed by atoms with van der Waals surface area (Å²) in [7, 11) is 0. The van der Waals surface area contributed by atoms with Crippen LogP contribution in [0.4, 0.5) is 0 Å². The zero-order valence-corrected chi connectivity index (χ0v) is 13.2. The molecule has 6 heteroatoms. The van der Waals surface area contributed by atoms with E-state index < -0.39 is 0 Å². The van der Waals surface area contributed by atoms with Gasteiger partial charge in [-0.2, -0.15) is 4.98 Å². The molecule has 2 aromatic heterocycles. The van der Waals surface area contributed by atoms with Gasteiger partial charge < -0.3 is 4.74 Å². The molecule has 0 spiro atoms. The highest BCUT2D eigenvalue weighted by molar-refractivity contribution is 7.23. The minimum atomic E-state index is -0.307. The maximum atomic E-state index is 11.8. The van der Waals surface area contributed by atoms with Crippen molar-refractivity contribution in [2.45, 2.75) is 6.92 Å². The summed E-state index contributed by atoms with van der Waals surface area (Å²) in [5.74, 6) is 0.395. The minimum absolute atomic E-state index is 0.307. The van der Waals surface area contributed by atoms with Crippen molar-refractivity contribution >= 4 is 32.5 Å². The molecular formula is C17H13N3O2S. The van der Waals surface area contributed by atoms with Crippen molar-refractivity contribution in [3.63, 3.8) is 0 Å². The van der Waals surface area contributed by atoms with Crippen LogP contribution in [0.15, 0.2) is 48.5 Å². The first kappa shape index (κ1) is 13.9. The van der Waals surface area contributed by atoms with Crippen LogP contribution in [0.2, 0.25) is 0 Å². The van der Waals surface area contributed by atoms with Gasteiger partial charge in [-0.15, -0.1) is 5.10 Å². The van der Waals surface area contributed by atoms with E-state index in [0.29, 0.717) is 18.0 Å². The first-order valence-corrected chi connectivity index (χ1v) is 8.10. The molecule has 0 saturated carbocycles. The second kappa shape index (κ2) is 5.48. The maximum Gasteiger partial charge on any atom is 0.338 e. The van der Waals surface area contributed by atoms with Gasteiger partial charge >= 0.3 is 5.97 Å². The number of fused-ring (bicyclic) bond motifs is 3. The van der Waals surface area contributed by atoms with Gasteiger partial charge in [0.25, 0.3) is 0 Å². The third-order valence-electron chi connectivity index (χ3n) is 3.51. The van der Waals surface area contributed by atoms with Gasteiger partial charge in [0.2, 0.25) is 4.96 Å². The molecule has 0 amide bonds. The molecule has 4 rings (SSSR count). The van der Waals surface area contributed by atoms with Gasteiger partial charge in [-0.3, -0.25) is 0 Å². The third-order valence-corrected chi connectivity index (χ3v) is 4.50. The molecule has 114 valence electrons. The lowest BCUT2D eigenvalue weighted by Gasteiger charge is -2.01. The largest absolute Gasteiger partial charge is 0.462 e. The molecule has 2 aromatic carbocycles. The second-order valence-corrected chi connectivity index (χ2v) is 6.01. The fraction of sp³-hybridized carbons (Fsp3) is 0.118. The maximum absolute atomic E-state index is 11.8. The number of hydrogen-bond acceptors (Lipinski definition) is 5. The van der Waals surface area contributed by atoms with Crippen LogP contribution in [0, 0.1) is 0 Å². The first-order valence-electron chi connectivity index (χ1n) is 7.28. The number of nitrogens with zero attached hydrogens (tertiary/aromatic N) is 3. The Morgan fingerprint density at radius 2 is 2.04 bits per heavy atom. The molecule has 5 nitrogen and oxygen atoms in total. The van der Waals surface area contributed by atoms with Crippen molar-refractivity contribution in [2.75, 3.05) is 6.61 Å². The molecule has 0 radical (unpaired) electrons. The highest BCUT2D eigenvalue weighted by atomic mass is 32.1. The molecule has 0 aliphatic carbocycles. The SMILES string of the molecule is CCOC(=O)c1ccc2c(c1)sc1nc(-c3ccccc3)nn12. The zero-order chi connectivity index (χ0) is 15.8. The molecule has 0 unspecified atom stereocenters. The predicted molar refractivity (Wildman–Crippen MR) is 89.8 cm³/mol. The van der Waals surface area contributed by atoms with Crippen molar-refractivity contribution < 1.29 is 9.53 Å². The summed E-state index contributed by atoms with van der Waals surface area (Å²) in [6.07, 6.45) is 0. The molecule has 2 heterocycles. The van der Waals surface area contributed by atoms with Gasteiger partial charge in [0, 0.05) is 5.56 Å². The van der Waals surface area contributed by atoms with Crippen LogP contribution in [0.25, 0.3) is 26.6 Å². The fourth-order valence-corrected chi connectivity index (χ4v) is 3.44. The van der Waals surface area contributed by atoms with E-state index in [2.05, 4.69) is 10.1 Å². The molecule has 0 bridgehead atoms. The summed E-state index contributed by atoms with van der Waals surface area (Å²) in [6.45, 7) is 2.16. The van der Waals surface area contributed by atoms with E-state index in [1.54, 1.807) is 13.0 Å². The topological polar surface area (TPSA) is 56.5 Å². The van der Waals surface area contributed by atoms with Crippen molar-refractivity contribution in [3.05, 3.63) is 54.1 Å². The van der Waals surface area contributed by atoms with Crippen LogP contribution in [-0.2, 0) is 4.74 Å². The number of carbonyl (C=O) groups is 1. The fourth-order valence-electron chi connectivity index (χ4n) is 2.44. The summed E-state index contributed by atoms with van der Waals surface area (Å²) in [5.41, 5.74) is 2.47. The lowest BCUT2D eigenvalue weighted by molar-refractivity contribution is 0.0526. The van der Waals surface area contributed by atoms with Gasteiger partial charge in [-0.05, 0) is 25.1 Å². The Morgan fingerprint density at radius 1 is 1.22 bits per heavy atom. The Bertz CT molecular complexity index is 1000. The summed E-state index contributed by atoms with van der Waals surface area (Å²) in [4.78, 5) is 17.2. The Labute approximate surface area is 136 Å². The summed E-state index contributed by atoms with van der Waals surface area (Å²) >= 11 is 1.51. The monoisotopic (exact) mass is 323 g/mol. The van der Waals surface area contributed by atoms with Crippen LogP contribution in [0.5, 0.6) is 0 Å². The van der Waals surface area contributed by atoms with Gasteiger partial charge in [0.05, 0.1) is 22.4 Å². The van der Waals surface area contributed by atoms with Crippen LogP contribution in [-0.4, -0.2) is 27.2 Å². The van der Waals surface area contributed by atoms with E-state index in [1.807, 2.05) is 47.0 Å². The van der Waals surface area contributed by atoms with E-state index in [4.69, 9.17) is 4.74 Å². The quantitative estimate of drug-likeness (QED) is 0.538. The summed E-state index contributed by atoms with van der Waals surface area (Å²) in [5, 5.41) is 4.58. The zero-order valence-electron chi connectivity index (χ0n) is 12.4. The Kier molecular flexibility index (Phi) is 3.31. The molecule has 23 heavy (non-hydrogen) atoms. The normalized spacial score (nSPS) is 11.2. The van der Waals surface area contributed by atoms with E-state index in [0.717, 1.165) is 20.7 Å². The van der Waals surface area contributed by atoms with E-state index in [9.17, 15) is 4.79 Å². The van der Waals surface area contributed by atoms with E-state index >= 15 is 0 Å². The van der Waals surface area contributed by atoms with E-state index in [-0.39, 0.29) is 5.97 Å². The second-order valence-electron chi connectivity index (χ2n) is 5.00. The molecule has 0 saturated heterocycles. The van der Waals surface area contributed by atoms with Gasteiger partial charge in [-0.1, -0.05) is 41.7 Å². The molecule has 0 fully saturated rings. The molecule has 0 aliphatic rings. The highest BCUT2D eigenvalue weighted by Crippen LogP contribution is 2.28. The highest BCUT2D eigenvalue weighted by Gasteiger charge is 2.14. The molecule has 0 aliphatic heterocycles. The van der Waals surface area contributed by atoms with Crippen molar-refractivity contribution in [3.8, 4) is 11.4 Å². The smallest absolute Gasteiger partial charge is 0.338 e. The predicted octanol–water partition coefficient (Wildman–Crippen LogP) is 3.79. The molecular weight excluding hydrogens is 310 g/mol. The lowest BCUT2D eigenvalue weighted by Crippen LogP contribution is -2.04. The Hall–Kier alpha value is -2.73. The van der Waals surface area contributed by atoms with Crippen molar-refractivity contribution in [2.24, 2.45) is 0 Å². The number of esters is 1. The number of thiazole rings is 1. The molecule has 0 atom stereocenters. The number of hydrogen-bond donors (Lipinski definition) is 0. The number of rotatable bonds is 3. The van der Waals surface area contributed by atoms with Crippen LogP contribution in [0.3, 0.4) is 0 Å². The lowest BCUT2D eigenvalue weighted by atomic mass is 10.2. The van der Waals surface area contributed by atoms with Gasteiger partial charge in [-0.25, -0.2) is 9.31 Å². The van der Waals surface area contributed by atoms with Crippen LogP contribution >= 0.6 is 11.3 Å². The average molecular weight is 323 g/mol. The summed E-state index contributed by atoms with van der Waals surface area (Å²) < 4.78 is 7.82. The number of carbonyl (C=O) groups excluding carboxylic acids is 1. The molecule has 0 N–H and O–H groups in total. The average Bonchev–Trinajstić information content (AvgIpc) is 3.13. The van der Waals surface area contributed by atoms with Crippen LogP contribution < -0.4 is 0 Å². The Balaban J connectivity index is 1.81. The first-order chi connectivity index (χ1) is 11.3. The van der Waals surface area contributed by atoms with Crippen LogP contribution in [0.1, 0.15) is 17.3 Å². The van der Waals surface area contributed by atoms with Gasteiger partial charge in [0.1, 0.15) is 0 Å².